The van der Waals surface area contributed by atoms with Crippen molar-refractivity contribution >= 4 is 63.1 Å². The molecule has 0 bridgehead atoms. The van der Waals surface area contributed by atoms with E-state index >= 15 is 0 Å². The van der Waals surface area contributed by atoms with Crippen molar-refractivity contribution in [3.05, 3.63) is 62.7 Å². The predicted octanol–water partition coefficient (Wildman–Crippen LogP) is 5.47. The van der Waals surface area contributed by atoms with Gasteiger partial charge in [-0.15, -0.1) is 11.3 Å². The molecule has 0 atom stereocenters. The molecular weight excluding hydrogens is 478 g/mol. The molecule has 1 amide bonds. The van der Waals surface area contributed by atoms with Gasteiger partial charge in [0.15, 0.2) is 18.3 Å². The van der Waals surface area contributed by atoms with E-state index in [1.54, 1.807) is 17.5 Å². The summed E-state index contributed by atoms with van der Waals surface area (Å²) < 4.78 is 23.1. The smallest absolute Gasteiger partial charge is 0.344 e. The van der Waals surface area contributed by atoms with Crippen molar-refractivity contribution < 1.29 is 23.5 Å². The van der Waals surface area contributed by atoms with Crippen LogP contribution in [-0.4, -0.2) is 30.1 Å². The molecular formula is C19H12Cl3FN2O4S. The summed E-state index contributed by atoms with van der Waals surface area (Å²) in [6, 6.07) is 8.55. The number of aromatic nitrogens is 1. The highest BCUT2D eigenvalue weighted by Gasteiger charge is 2.13. The van der Waals surface area contributed by atoms with Crippen molar-refractivity contribution in [1.82, 2.24) is 4.98 Å². The molecule has 3 rings (SSSR count). The molecule has 0 aliphatic heterocycles. The maximum absolute atomic E-state index is 13.0. The Morgan fingerprint density at radius 3 is 2.47 bits per heavy atom. The van der Waals surface area contributed by atoms with Gasteiger partial charge < -0.3 is 9.47 Å². The van der Waals surface area contributed by atoms with Crippen LogP contribution in [0.2, 0.25) is 15.1 Å². The Labute approximate surface area is 189 Å². The Hall–Kier alpha value is -2.39. The summed E-state index contributed by atoms with van der Waals surface area (Å²) in [5.74, 6) is -1.55. The van der Waals surface area contributed by atoms with E-state index in [1.165, 1.54) is 35.6 Å². The molecule has 6 nitrogen and oxygen atoms in total. The molecule has 0 fully saturated rings. The first-order valence-corrected chi connectivity index (χ1v) is 10.3. The summed E-state index contributed by atoms with van der Waals surface area (Å²) >= 11 is 18.8. The third-order valence-corrected chi connectivity index (χ3v) is 5.35. The number of amides is 1. The number of rotatable bonds is 7. The molecule has 1 heterocycles. The van der Waals surface area contributed by atoms with E-state index in [-0.39, 0.29) is 26.6 Å². The number of carbonyl (C=O) groups is 2. The Morgan fingerprint density at radius 1 is 1.03 bits per heavy atom. The van der Waals surface area contributed by atoms with Gasteiger partial charge in [0.05, 0.1) is 20.8 Å². The maximum Gasteiger partial charge on any atom is 0.344 e. The van der Waals surface area contributed by atoms with Crippen molar-refractivity contribution in [3.63, 3.8) is 0 Å². The molecule has 0 saturated heterocycles. The molecule has 0 aliphatic carbocycles. The minimum absolute atomic E-state index is 0.156. The number of benzene rings is 2. The highest BCUT2D eigenvalue weighted by Crippen LogP contribution is 2.33. The zero-order valence-electron chi connectivity index (χ0n) is 15.0. The molecule has 156 valence electrons. The molecule has 0 radical (unpaired) electrons. The number of anilines is 1. The molecule has 11 heteroatoms. The molecule has 0 unspecified atom stereocenters. The number of hydrogen-bond acceptors (Lipinski definition) is 6. The Morgan fingerprint density at radius 2 is 1.73 bits per heavy atom. The molecule has 30 heavy (non-hydrogen) atoms. The molecule has 0 aliphatic rings. The quantitative estimate of drug-likeness (QED) is 0.352. The van der Waals surface area contributed by atoms with Crippen LogP contribution in [0.4, 0.5) is 9.52 Å². The summed E-state index contributed by atoms with van der Waals surface area (Å²) in [7, 11) is 0. The summed E-state index contributed by atoms with van der Waals surface area (Å²) in [4.78, 5) is 28.0. The number of nitrogens with one attached hydrogen (secondary N) is 1. The van der Waals surface area contributed by atoms with Gasteiger partial charge in [0.25, 0.3) is 5.91 Å². The fourth-order valence-corrected chi connectivity index (χ4v) is 3.51. The normalized spacial score (nSPS) is 10.5. The van der Waals surface area contributed by atoms with E-state index in [0.29, 0.717) is 16.4 Å². The second-order valence-electron chi connectivity index (χ2n) is 5.74. The van der Waals surface area contributed by atoms with Crippen LogP contribution in [0.1, 0.15) is 0 Å². The highest BCUT2D eigenvalue weighted by atomic mass is 35.5. The molecule has 1 aromatic heterocycles. The van der Waals surface area contributed by atoms with Gasteiger partial charge in [-0.05, 0) is 30.3 Å². The van der Waals surface area contributed by atoms with Crippen molar-refractivity contribution in [2.24, 2.45) is 0 Å². The van der Waals surface area contributed by atoms with Crippen LogP contribution in [0.5, 0.6) is 5.75 Å². The van der Waals surface area contributed by atoms with Crippen LogP contribution in [0.15, 0.2) is 41.8 Å². The average molecular weight is 490 g/mol. The van der Waals surface area contributed by atoms with Gasteiger partial charge in [0.1, 0.15) is 11.6 Å². The molecule has 0 spiro atoms. The standard InChI is InChI=1S/C19H12Cl3FN2O4S/c20-12-5-14(22)16(6-13(12)21)28-8-18(27)29-7-17(26)25-19-24-15(9-30-19)10-1-3-11(23)4-2-10/h1-6,9H,7-8H2,(H,24,25,26). The van der Waals surface area contributed by atoms with E-state index in [9.17, 15) is 14.0 Å². The fourth-order valence-electron chi connectivity index (χ4n) is 2.18. The number of halogens is 4. The molecule has 2 aromatic carbocycles. The topological polar surface area (TPSA) is 77.5 Å². The summed E-state index contributed by atoms with van der Waals surface area (Å²) in [6.07, 6.45) is 0. The zero-order chi connectivity index (χ0) is 21.7. The van der Waals surface area contributed by atoms with Crippen molar-refractivity contribution in [1.29, 1.82) is 0 Å². The second-order valence-corrected chi connectivity index (χ2v) is 7.82. The lowest BCUT2D eigenvalue weighted by molar-refractivity contribution is -0.149. The first-order valence-electron chi connectivity index (χ1n) is 8.26. The molecule has 3 aromatic rings. The zero-order valence-corrected chi connectivity index (χ0v) is 18.0. The van der Waals surface area contributed by atoms with Crippen LogP contribution >= 0.6 is 46.1 Å². The van der Waals surface area contributed by atoms with Gasteiger partial charge in [-0.2, -0.15) is 0 Å². The van der Waals surface area contributed by atoms with E-state index < -0.39 is 25.1 Å². The second kappa shape index (κ2) is 10.1. The van der Waals surface area contributed by atoms with E-state index in [2.05, 4.69) is 10.3 Å². The Bertz CT molecular complexity index is 1080. The van der Waals surface area contributed by atoms with Gasteiger partial charge in [-0.1, -0.05) is 34.8 Å². The van der Waals surface area contributed by atoms with E-state index in [0.717, 1.165) is 0 Å². The minimum Gasteiger partial charge on any atom is -0.480 e. The van der Waals surface area contributed by atoms with Gasteiger partial charge in [-0.25, -0.2) is 14.2 Å². The number of esters is 1. The third-order valence-electron chi connectivity index (χ3n) is 3.58. The highest BCUT2D eigenvalue weighted by molar-refractivity contribution is 7.14. The summed E-state index contributed by atoms with van der Waals surface area (Å²) in [5.41, 5.74) is 1.29. The molecule has 0 saturated carbocycles. The largest absolute Gasteiger partial charge is 0.480 e. The lowest BCUT2D eigenvalue weighted by Crippen LogP contribution is -2.23. The lowest BCUT2D eigenvalue weighted by Gasteiger charge is -2.09. The van der Waals surface area contributed by atoms with Gasteiger partial charge in [0.2, 0.25) is 0 Å². The first-order chi connectivity index (χ1) is 14.3. The number of carbonyl (C=O) groups excluding carboxylic acids is 2. The predicted molar refractivity (Wildman–Crippen MR) is 114 cm³/mol. The van der Waals surface area contributed by atoms with E-state index in [1.807, 2.05) is 0 Å². The summed E-state index contributed by atoms with van der Waals surface area (Å²) in [5, 5.41) is 5.18. The van der Waals surface area contributed by atoms with Crippen LogP contribution in [0, 0.1) is 5.82 Å². The number of thiazole rings is 1. The van der Waals surface area contributed by atoms with Crippen LogP contribution in [0.3, 0.4) is 0 Å². The monoisotopic (exact) mass is 488 g/mol. The van der Waals surface area contributed by atoms with Crippen LogP contribution in [-0.2, 0) is 14.3 Å². The summed E-state index contributed by atoms with van der Waals surface area (Å²) in [6.45, 7) is -1.00. The van der Waals surface area contributed by atoms with Crippen molar-refractivity contribution in [2.75, 3.05) is 18.5 Å². The van der Waals surface area contributed by atoms with Gasteiger partial charge in [0, 0.05) is 17.0 Å². The number of ether oxygens (including phenoxy) is 2. The minimum atomic E-state index is -0.779. The molecule has 1 N–H and O–H groups in total. The fraction of sp³-hybridized carbons (Fsp3) is 0.105. The Kier molecular flexibility index (Phi) is 7.49. The van der Waals surface area contributed by atoms with Crippen molar-refractivity contribution in [2.45, 2.75) is 0 Å². The maximum atomic E-state index is 13.0. The number of nitrogens with zero attached hydrogens (tertiary/aromatic N) is 1. The SMILES string of the molecule is O=C(COC(=O)COc1cc(Cl)c(Cl)cc1Cl)Nc1nc(-c2ccc(F)cc2)cs1. The lowest BCUT2D eigenvalue weighted by atomic mass is 10.2. The van der Waals surface area contributed by atoms with Gasteiger partial charge >= 0.3 is 5.97 Å². The van der Waals surface area contributed by atoms with Crippen LogP contribution in [0.25, 0.3) is 11.3 Å². The average Bonchev–Trinajstić information content (AvgIpc) is 3.17. The first kappa shape index (κ1) is 22.3. The van der Waals surface area contributed by atoms with Gasteiger partial charge in [-0.3, -0.25) is 10.1 Å². The third kappa shape index (κ3) is 6.06. The van der Waals surface area contributed by atoms with Crippen LogP contribution < -0.4 is 10.1 Å². The van der Waals surface area contributed by atoms with E-state index in [4.69, 9.17) is 44.3 Å². The number of hydrogen-bond donors (Lipinski definition) is 1. The van der Waals surface area contributed by atoms with Crippen molar-refractivity contribution in [3.8, 4) is 17.0 Å². The Balaban J connectivity index is 1.46.